The van der Waals surface area contributed by atoms with Crippen LogP contribution in [0, 0.1) is 24.0 Å². The largest absolute Gasteiger partial charge is 0.437 e. The Morgan fingerprint density at radius 3 is 2.80 bits per heavy atom. The van der Waals surface area contributed by atoms with Crippen molar-refractivity contribution in [3.8, 4) is 0 Å². The molecule has 1 heterocycles. The van der Waals surface area contributed by atoms with Gasteiger partial charge in [0.1, 0.15) is 11.4 Å². The Bertz CT molecular complexity index is 622. The number of nitro benzene ring substituents is 1. The van der Waals surface area contributed by atoms with Gasteiger partial charge in [0, 0.05) is 11.8 Å². The number of nitro groups is 1. The number of thioether (sulfide) groups is 1. The molecule has 0 fully saturated rings. The van der Waals surface area contributed by atoms with Crippen LogP contribution in [0.4, 0.5) is 11.4 Å². The van der Waals surface area contributed by atoms with Gasteiger partial charge in [-0.1, -0.05) is 23.9 Å². The van der Waals surface area contributed by atoms with Crippen molar-refractivity contribution in [2.24, 2.45) is 5.84 Å². The van der Waals surface area contributed by atoms with Crippen LogP contribution in [0.25, 0.3) is 0 Å². The summed E-state index contributed by atoms with van der Waals surface area (Å²) in [6.45, 7) is 3.70. The highest BCUT2D eigenvalue weighted by Crippen LogP contribution is 2.32. The quantitative estimate of drug-likeness (QED) is 0.378. The van der Waals surface area contributed by atoms with Gasteiger partial charge in [0.25, 0.3) is 10.9 Å². The second-order valence-corrected chi connectivity index (χ2v) is 5.05. The molecule has 0 saturated heterocycles. The van der Waals surface area contributed by atoms with Crippen LogP contribution in [0.1, 0.15) is 17.0 Å². The Morgan fingerprint density at radius 2 is 2.25 bits per heavy atom. The standard InChI is InChI=1S/C12H14N4O3S/c1-7-8(2)19-12(14-7)20-6-9-4-3-5-10(16(17)18)11(9)15-13/h3-5,15H,6,13H2,1-2H3. The lowest BCUT2D eigenvalue weighted by molar-refractivity contribution is -0.384. The summed E-state index contributed by atoms with van der Waals surface area (Å²) in [4.78, 5) is 14.7. The van der Waals surface area contributed by atoms with Crippen molar-refractivity contribution in [3.63, 3.8) is 0 Å². The van der Waals surface area contributed by atoms with E-state index in [9.17, 15) is 10.1 Å². The minimum Gasteiger partial charge on any atom is -0.437 e. The summed E-state index contributed by atoms with van der Waals surface area (Å²) < 4.78 is 5.45. The first-order valence-corrected chi connectivity index (χ1v) is 6.81. The van der Waals surface area contributed by atoms with E-state index in [0.717, 1.165) is 17.0 Å². The van der Waals surface area contributed by atoms with Crippen LogP contribution in [0.3, 0.4) is 0 Å². The van der Waals surface area contributed by atoms with Crippen molar-refractivity contribution >= 4 is 23.1 Å². The lowest BCUT2D eigenvalue weighted by Crippen LogP contribution is -2.11. The fourth-order valence-electron chi connectivity index (χ4n) is 1.67. The average Bonchev–Trinajstić information content (AvgIpc) is 2.74. The van der Waals surface area contributed by atoms with E-state index in [1.54, 1.807) is 12.1 Å². The van der Waals surface area contributed by atoms with Crippen LogP contribution in [0.15, 0.2) is 27.8 Å². The number of hydrazine groups is 1. The van der Waals surface area contributed by atoms with Gasteiger partial charge < -0.3 is 9.84 Å². The van der Waals surface area contributed by atoms with Gasteiger partial charge in [0.2, 0.25) is 0 Å². The molecule has 0 aliphatic heterocycles. The Hall–Kier alpha value is -2.06. The maximum absolute atomic E-state index is 10.9. The molecule has 2 rings (SSSR count). The number of nitrogens with one attached hydrogen (secondary N) is 1. The highest BCUT2D eigenvalue weighted by atomic mass is 32.2. The van der Waals surface area contributed by atoms with Gasteiger partial charge in [0.15, 0.2) is 0 Å². The fourth-order valence-corrected chi connectivity index (χ4v) is 2.58. The van der Waals surface area contributed by atoms with Crippen LogP contribution in [0.5, 0.6) is 0 Å². The number of oxazole rings is 1. The maximum atomic E-state index is 10.9. The molecule has 20 heavy (non-hydrogen) atoms. The van der Waals surface area contributed by atoms with E-state index >= 15 is 0 Å². The smallest absolute Gasteiger partial charge is 0.293 e. The molecule has 106 valence electrons. The van der Waals surface area contributed by atoms with Crippen LogP contribution in [0.2, 0.25) is 0 Å². The Morgan fingerprint density at radius 1 is 1.50 bits per heavy atom. The number of hydrogen-bond donors (Lipinski definition) is 2. The molecular weight excluding hydrogens is 280 g/mol. The number of aryl methyl sites for hydroxylation is 2. The molecule has 7 nitrogen and oxygen atoms in total. The molecule has 8 heteroatoms. The molecule has 0 aliphatic carbocycles. The molecule has 0 amide bonds. The molecule has 0 radical (unpaired) electrons. The minimum absolute atomic E-state index is 0.0506. The Labute approximate surface area is 119 Å². The first-order valence-electron chi connectivity index (χ1n) is 5.82. The van der Waals surface area contributed by atoms with Gasteiger partial charge in [-0.3, -0.25) is 16.0 Å². The topological polar surface area (TPSA) is 107 Å². The van der Waals surface area contributed by atoms with Crippen LogP contribution in [-0.4, -0.2) is 9.91 Å². The number of para-hydroxylation sites is 1. The zero-order chi connectivity index (χ0) is 14.7. The predicted octanol–water partition coefficient (Wildman–Crippen LogP) is 2.78. The van der Waals surface area contributed by atoms with E-state index in [0.29, 0.717) is 16.7 Å². The number of anilines is 1. The van der Waals surface area contributed by atoms with Crippen molar-refractivity contribution in [2.75, 3.05) is 5.43 Å². The maximum Gasteiger partial charge on any atom is 0.293 e. The van der Waals surface area contributed by atoms with Gasteiger partial charge >= 0.3 is 0 Å². The third-order valence-corrected chi connectivity index (χ3v) is 3.71. The lowest BCUT2D eigenvalue weighted by Gasteiger charge is -2.07. The number of aromatic nitrogens is 1. The van der Waals surface area contributed by atoms with Crippen molar-refractivity contribution in [3.05, 3.63) is 45.3 Å². The molecule has 0 unspecified atom stereocenters. The average molecular weight is 294 g/mol. The summed E-state index contributed by atoms with van der Waals surface area (Å²) in [5.74, 6) is 6.62. The monoisotopic (exact) mass is 294 g/mol. The normalized spacial score (nSPS) is 10.6. The van der Waals surface area contributed by atoms with E-state index in [1.165, 1.54) is 17.8 Å². The predicted molar refractivity (Wildman–Crippen MR) is 76.4 cm³/mol. The van der Waals surface area contributed by atoms with E-state index < -0.39 is 4.92 Å². The van der Waals surface area contributed by atoms with Gasteiger partial charge in [-0.15, -0.1) is 0 Å². The zero-order valence-electron chi connectivity index (χ0n) is 11.0. The second-order valence-electron chi connectivity index (χ2n) is 4.12. The molecule has 1 aromatic carbocycles. The molecule has 0 aliphatic rings. The van der Waals surface area contributed by atoms with E-state index in [2.05, 4.69) is 10.4 Å². The van der Waals surface area contributed by atoms with Crippen molar-refractivity contribution in [1.82, 2.24) is 4.98 Å². The minimum atomic E-state index is -0.469. The van der Waals surface area contributed by atoms with Gasteiger partial charge in [-0.25, -0.2) is 4.98 Å². The summed E-state index contributed by atoms with van der Waals surface area (Å²) in [7, 11) is 0. The molecular formula is C12H14N4O3S. The molecule has 0 atom stereocenters. The Kier molecular flexibility index (Phi) is 4.26. The molecule has 1 aromatic heterocycles. The molecule has 3 N–H and O–H groups in total. The van der Waals surface area contributed by atoms with Crippen molar-refractivity contribution in [1.29, 1.82) is 0 Å². The molecule has 0 saturated carbocycles. The first kappa shape index (κ1) is 14.4. The summed E-state index contributed by atoms with van der Waals surface area (Å²) >= 11 is 1.36. The second kappa shape index (κ2) is 5.93. The highest BCUT2D eigenvalue weighted by molar-refractivity contribution is 7.98. The lowest BCUT2D eigenvalue weighted by atomic mass is 10.2. The number of hydrogen-bond acceptors (Lipinski definition) is 7. The van der Waals surface area contributed by atoms with E-state index in [1.807, 2.05) is 13.8 Å². The van der Waals surface area contributed by atoms with Gasteiger partial charge in [-0.2, -0.15) is 0 Å². The van der Waals surface area contributed by atoms with E-state index in [4.69, 9.17) is 10.3 Å². The molecule has 0 spiro atoms. The highest BCUT2D eigenvalue weighted by Gasteiger charge is 2.17. The third-order valence-electron chi connectivity index (χ3n) is 2.83. The summed E-state index contributed by atoms with van der Waals surface area (Å²) in [5, 5.41) is 11.5. The van der Waals surface area contributed by atoms with Crippen molar-refractivity contribution in [2.45, 2.75) is 24.8 Å². The SMILES string of the molecule is Cc1nc(SCc2cccc([N+](=O)[O-])c2NN)oc1C. The van der Waals surface area contributed by atoms with E-state index in [-0.39, 0.29) is 5.69 Å². The number of rotatable bonds is 5. The fraction of sp³-hybridized carbons (Fsp3) is 0.250. The zero-order valence-corrected chi connectivity index (χ0v) is 11.9. The first-order chi connectivity index (χ1) is 9.52. The molecule has 0 bridgehead atoms. The van der Waals surface area contributed by atoms with Crippen LogP contribution < -0.4 is 11.3 Å². The summed E-state index contributed by atoms with van der Waals surface area (Å²) in [6.07, 6.45) is 0. The van der Waals surface area contributed by atoms with Crippen LogP contribution in [-0.2, 0) is 5.75 Å². The number of nitrogens with two attached hydrogens (primary N) is 1. The van der Waals surface area contributed by atoms with Gasteiger partial charge in [-0.05, 0) is 19.4 Å². The van der Waals surface area contributed by atoms with Crippen LogP contribution >= 0.6 is 11.8 Å². The third kappa shape index (κ3) is 2.91. The number of nitrogen functional groups attached to an aromatic ring is 1. The summed E-state index contributed by atoms with van der Waals surface area (Å²) in [5.41, 5.74) is 4.21. The summed E-state index contributed by atoms with van der Waals surface area (Å²) in [6, 6.07) is 4.81. The van der Waals surface area contributed by atoms with Gasteiger partial charge in [0.05, 0.1) is 10.6 Å². The Balaban J connectivity index is 2.21. The number of benzene rings is 1. The number of nitrogens with zero attached hydrogens (tertiary/aromatic N) is 2. The molecule has 2 aromatic rings. The van der Waals surface area contributed by atoms with Crippen molar-refractivity contribution < 1.29 is 9.34 Å².